The molecule has 1 heterocycles. The third-order valence-corrected chi connectivity index (χ3v) is 8.09. The van der Waals surface area contributed by atoms with E-state index in [2.05, 4.69) is 54.8 Å². The lowest BCUT2D eigenvalue weighted by Crippen LogP contribution is -2.31. The first kappa shape index (κ1) is 24.8. The summed E-state index contributed by atoms with van der Waals surface area (Å²) in [7, 11) is -3.72. The van der Waals surface area contributed by atoms with Crippen molar-refractivity contribution < 1.29 is 13.2 Å². The minimum absolute atomic E-state index is 0.109. The molecule has 0 aliphatic carbocycles. The molecule has 174 valence electrons. The van der Waals surface area contributed by atoms with Crippen LogP contribution in [0.5, 0.6) is 0 Å². The van der Waals surface area contributed by atoms with Crippen molar-refractivity contribution in [2.75, 3.05) is 13.1 Å². The van der Waals surface area contributed by atoms with Gasteiger partial charge in [0.15, 0.2) is 4.80 Å². The molecule has 0 N–H and O–H groups in total. The van der Waals surface area contributed by atoms with Crippen molar-refractivity contribution >= 4 is 37.5 Å². The van der Waals surface area contributed by atoms with E-state index >= 15 is 0 Å². The average molecular weight is 484 g/mol. The van der Waals surface area contributed by atoms with Crippen LogP contribution in [0.1, 0.15) is 36.2 Å². The molecule has 6 nitrogen and oxygen atoms in total. The first-order chi connectivity index (χ1) is 15.8. The average Bonchev–Trinajstić information content (AvgIpc) is 3.15. The Bertz CT molecular complexity index is 1320. The van der Waals surface area contributed by atoms with Crippen LogP contribution in [0.4, 0.5) is 0 Å². The summed E-state index contributed by atoms with van der Waals surface area (Å²) >= 11 is 1.49. The Morgan fingerprint density at radius 2 is 1.76 bits per heavy atom. The van der Waals surface area contributed by atoms with Crippen molar-refractivity contribution in [1.82, 2.24) is 8.87 Å². The number of benzene rings is 2. The number of aryl methyl sites for hydroxylation is 2. The van der Waals surface area contributed by atoms with Gasteiger partial charge in [0.05, 0.1) is 15.1 Å². The molecule has 0 aliphatic heterocycles. The summed E-state index contributed by atoms with van der Waals surface area (Å²) in [5.41, 5.74) is 2.64. The summed E-state index contributed by atoms with van der Waals surface area (Å²) in [4.78, 5) is 18.0. The monoisotopic (exact) mass is 483 g/mol. The predicted octanol–water partition coefficient (Wildman–Crippen LogP) is 4.78. The van der Waals surface area contributed by atoms with Crippen LogP contribution in [-0.2, 0) is 23.0 Å². The number of amides is 1. The molecule has 1 amide bonds. The van der Waals surface area contributed by atoms with Gasteiger partial charge in [-0.15, -0.1) is 13.2 Å². The molecule has 1 aromatic heterocycles. The highest BCUT2D eigenvalue weighted by atomic mass is 32.2. The second-order valence-corrected chi connectivity index (χ2v) is 10.5. The Morgan fingerprint density at radius 3 is 2.33 bits per heavy atom. The number of sulfonamides is 1. The number of carbonyl (C=O) groups is 1. The Hall–Kier alpha value is -2.81. The van der Waals surface area contributed by atoms with Crippen molar-refractivity contribution in [3.63, 3.8) is 0 Å². The van der Waals surface area contributed by atoms with Crippen LogP contribution in [0.25, 0.3) is 10.2 Å². The first-order valence-electron chi connectivity index (χ1n) is 10.9. The van der Waals surface area contributed by atoms with Gasteiger partial charge in [-0.3, -0.25) is 4.79 Å². The van der Waals surface area contributed by atoms with Gasteiger partial charge in [-0.05, 0) is 54.8 Å². The van der Waals surface area contributed by atoms with E-state index in [1.807, 2.05) is 0 Å². The molecule has 0 fully saturated rings. The number of aromatic nitrogens is 1. The van der Waals surface area contributed by atoms with E-state index < -0.39 is 15.9 Å². The van der Waals surface area contributed by atoms with Gasteiger partial charge in [0.1, 0.15) is 0 Å². The summed E-state index contributed by atoms with van der Waals surface area (Å²) in [5.74, 6) is -0.403. The van der Waals surface area contributed by atoms with Crippen LogP contribution in [-0.4, -0.2) is 36.3 Å². The predicted molar refractivity (Wildman–Crippen MR) is 135 cm³/mol. The number of hydrogen-bond acceptors (Lipinski definition) is 4. The summed E-state index contributed by atoms with van der Waals surface area (Å²) in [5, 5.41) is 0. The van der Waals surface area contributed by atoms with E-state index in [0.717, 1.165) is 29.6 Å². The highest BCUT2D eigenvalue weighted by Gasteiger charge is 2.22. The van der Waals surface area contributed by atoms with Crippen LogP contribution in [0, 0.1) is 0 Å². The number of nitrogens with zero attached hydrogens (tertiary/aromatic N) is 3. The Labute approximate surface area is 199 Å². The van der Waals surface area contributed by atoms with Gasteiger partial charge in [0, 0.05) is 25.2 Å². The van der Waals surface area contributed by atoms with E-state index in [9.17, 15) is 13.2 Å². The summed E-state index contributed by atoms with van der Waals surface area (Å²) in [6.07, 6.45) is 4.91. The van der Waals surface area contributed by atoms with Crippen molar-refractivity contribution in [1.29, 1.82) is 0 Å². The second-order valence-electron chi connectivity index (χ2n) is 7.53. The third-order valence-electron chi connectivity index (χ3n) is 5.20. The molecule has 0 unspecified atom stereocenters. The van der Waals surface area contributed by atoms with Gasteiger partial charge in [0.25, 0.3) is 5.91 Å². The highest BCUT2D eigenvalue weighted by Crippen LogP contribution is 2.21. The zero-order valence-electron chi connectivity index (χ0n) is 19.0. The maximum absolute atomic E-state index is 12.9. The standard InChI is InChI=1S/C25H29N3O3S2/c1-5-15-27(16-6-2)33(30,31)21-12-10-20(11-13-21)24(29)26-25-28(17-7-3)22-14-9-19(8-4)18-23(22)32-25/h5-6,9-14,18H,1-2,7-8,15-17H2,3-4H3. The molecule has 0 aliphatic rings. The van der Waals surface area contributed by atoms with Crippen molar-refractivity contribution in [3.8, 4) is 0 Å². The van der Waals surface area contributed by atoms with Crippen LogP contribution < -0.4 is 4.80 Å². The topological polar surface area (TPSA) is 71.7 Å². The number of carbonyl (C=O) groups excluding carboxylic acids is 1. The summed E-state index contributed by atoms with van der Waals surface area (Å²) < 4.78 is 30.2. The number of rotatable bonds is 10. The molecule has 3 rings (SSSR count). The molecular weight excluding hydrogens is 454 g/mol. The first-order valence-corrected chi connectivity index (χ1v) is 13.1. The van der Waals surface area contributed by atoms with E-state index in [1.165, 1.54) is 57.6 Å². The molecule has 0 radical (unpaired) electrons. The van der Waals surface area contributed by atoms with Crippen molar-refractivity contribution in [2.45, 2.75) is 38.1 Å². The minimum atomic E-state index is -3.72. The molecule has 0 spiro atoms. The second kappa shape index (κ2) is 10.9. The molecule has 33 heavy (non-hydrogen) atoms. The largest absolute Gasteiger partial charge is 0.316 e. The maximum Gasteiger partial charge on any atom is 0.279 e. The Morgan fingerprint density at radius 1 is 1.09 bits per heavy atom. The fourth-order valence-electron chi connectivity index (χ4n) is 3.49. The minimum Gasteiger partial charge on any atom is -0.316 e. The Kier molecular flexibility index (Phi) is 8.18. The number of hydrogen-bond donors (Lipinski definition) is 0. The number of thiazole rings is 1. The molecule has 0 saturated heterocycles. The smallest absolute Gasteiger partial charge is 0.279 e. The molecule has 0 saturated carbocycles. The van der Waals surface area contributed by atoms with E-state index in [4.69, 9.17) is 0 Å². The SMILES string of the molecule is C=CCN(CC=C)S(=O)(=O)c1ccc(C(=O)N=c2sc3cc(CC)ccc3n2CCC)cc1. The number of fused-ring (bicyclic) bond motifs is 1. The molecule has 3 aromatic rings. The van der Waals surface area contributed by atoms with Gasteiger partial charge in [-0.1, -0.05) is 43.4 Å². The van der Waals surface area contributed by atoms with Gasteiger partial charge in [0.2, 0.25) is 10.0 Å². The van der Waals surface area contributed by atoms with Crippen LogP contribution in [0.3, 0.4) is 0 Å². The van der Waals surface area contributed by atoms with Gasteiger partial charge >= 0.3 is 0 Å². The lowest BCUT2D eigenvalue weighted by molar-refractivity contribution is 0.0997. The zero-order chi connectivity index (χ0) is 24.0. The molecule has 2 aromatic carbocycles. The zero-order valence-corrected chi connectivity index (χ0v) is 20.7. The molecule has 0 atom stereocenters. The highest BCUT2D eigenvalue weighted by molar-refractivity contribution is 7.89. The van der Waals surface area contributed by atoms with Gasteiger partial charge in [-0.2, -0.15) is 9.30 Å². The van der Waals surface area contributed by atoms with Crippen molar-refractivity contribution in [2.24, 2.45) is 4.99 Å². The van der Waals surface area contributed by atoms with E-state index in [1.54, 1.807) is 0 Å². The molecule has 0 bridgehead atoms. The van der Waals surface area contributed by atoms with Crippen molar-refractivity contribution in [3.05, 3.63) is 83.7 Å². The maximum atomic E-state index is 12.9. The molecule has 8 heteroatoms. The van der Waals surface area contributed by atoms with E-state index in [0.29, 0.717) is 10.4 Å². The fraction of sp³-hybridized carbons (Fsp3) is 0.280. The lowest BCUT2D eigenvalue weighted by atomic mass is 10.2. The van der Waals surface area contributed by atoms with Gasteiger partial charge in [-0.25, -0.2) is 8.42 Å². The fourth-order valence-corrected chi connectivity index (χ4v) is 5.99. The third kappa shape index (κ3) is 5.40. The van der Waals surface area contributed by atoms with Gasteiger partial charge < -0.3 is 4.57 Å². The van der Waals surface area contributed by atoms with E-state index in [-0.39, 0.29) is 18.0 Å². The van der Waals surface area contributed by atoms with Crippen LogP contribution in [0.15, 0.2) is 77.7 Å². The molecular formula is C25H29N3O3S2. The quantitative estimate of drug-likeness (QED) is 0.390. The van der Waals surface area contributed by atoms with Crippen LogP contribution in [0.2, 0.25) is 0 Å². The summed E-state index contributed by atoms with van der Waals surface area (Å²) in [6, 6.07) is 12.2. The lowest BCUT2D eigenvalue weighted by Gasteiger charge is -2.19. The Balaban J connectivity index is 1.96. The normalized spacial score (nSPS) is 12.4. The summed E-state index contributed by atoms with van der Waals surface area (Å²) in [6.45, 7) is 12.5. The van der Waals surface area contributed by atoms with Crippen LogP contribution >= 0.6 is 11.3 Å².